The van der Waals surface area contributed by atoms with Crippen molar-refractivity contribution in [1.82, 2.24) is 5.43 Å². The lowest BCUT2D eigenvalue weighted by atomic mass is 9.94. The molecule has 0 aliphatic heterocycles. The second-order valence-corrected chi connectivity index (χ2v) is 12.9. The predicted molar refractivity (Wildman–Crippen MR) is 140 cm³/mol. The highest BCUT2D eigenvalue weighted by atomic mass is 32.2. The first-order valence-corrected chi connectivity index (χ1v) is 15.5. The Balaban J connectivity index is 2.31. The monoisotopic (exact) mass is 589 g/mol. The minimum Gasteiger partial charge on any atom is -0.385 e. The number of carbonyl (C=O) groups excluding carboxylic acids is 1. The number of benzene rings is 3. The van der Waals surface area contributed by atoms with Gasteiger partial charge in [-0.25, -0.2) is 5.84 Å². The van der Waals surface area contributed by atoms with E-state index in [1.165, 1.54) is 32.0 Å². The van der Waals surface area contributed by atoms with Gasteiger partial charge >= 0.3 is 0 Å². The fourth-order valence-corrected chi connectivity index (χ4v) is 6.76. The SMILES string of the molecule is Cc1c(S(=O)(=O)O)cc(NCCCCCC(=O)NN)c2ccc3c(S(=O)(=O)O)cc(S(=O)(=O)O)c(C)c3c12. The molecule has 3 aromatic rings. The molecule has 3 aromatic carbocycles. The number of hydrazine groups is 1. The van der Waals surface area contributed by atoms with E-state index in [0.717, 1.165) is 0 Å². The Bertz CT molecular complexity index is 1770. The molecule has 7 N–H and O–H groups in total. The van der Waals surface area contributed by atoms with Gasteiger partial charge in [-0.2, -0.15) is 25.3 Å². The second-order valence-electron chi connectivity index (χ2n) is 8.69. The average molecular weight is 590 g/mol. The Morgan fingerprint density at radius 1 is 0.763 bits per heavy atom. The number of amides is 1. The lowest BCUT2D eigenvalue weighted by molar-refractivity contribution is -0.121. The maximum absolute atomic E-state index is 12.2. The van der Waals surface area contributed by atoms with Crippen LogP contribution in [-0.2, 0) is 35.1 Å². The van der Waals surface area contributed by atoms with Gasteiger partial charge in [-0.3, -0.25) is 23.9 Å². The molecule has 38 heavy (non-hydrogen) atoms. The summed E-state index contributed by atoms with van der Waals surface area (Å²) in [6, 6.07) is 4.62. The largest absolute Gasteiger partial charge is 0.385 e. The van der Waals surface area contributed by atoms with Gasteiger partial charge in [0.1, 0.15) is 4.90 Å². The molecule has 0 aromatic heterocycles. The summed E-state index contributed by atoms with van der Waals surface area (Å²) in [4.78, 5) is 9.13. The van der Waals surface area contributed by atoms with Crippen molar-refractivity contribution in [2.45, 2.75) is 54.2 Å². The first-order valence-electron chi connectivity index (χ1n) is 11.2. The highest BCUT2D eigenvalue weighted by Gasteiger charge is 2.27. The molecule has 0 atom stereocenters. The quantitative estimate of drug-likeness (QED) is 0.0499. The van der Waals surface area contributed by atoms with Crippen molar-refractivity contribution in [3.8, 4) is 0 Å². The van der Waals surface area contributed by atoms with Gasteiger partial charge in [0.2, 0.25) is 5.91 Å². The number of aryl methyl sites for hydroxylation is 2. The van der Waals surface area contributed by atoms with Gasteiger partial charge in [0.05, 0.1) is 9.79 Å². The van der Waals surface area contributed by atoms with Crippen molar-refractivity contribution in [2.24, 2.45) is 5.84 Å². The van der Waals surface area contributed by atoms with Crippen LogP contribution in [0, 0.1) is 13.8 Å². The third-order valence-electron chi connectivity index (χ3n) is 6.18. The maximum atomic E-state index is 12.2. The lowest BCUT2D eigenvalue weighted by Gasteiger charge is -2.19. The van der Waals surface area contributed by atoms with Crippen molar-refractivity contribution in [3.63, 3.8) is 0 Å². The summed E-state index contributed by atoms with van der Waals surface area (Å²) in [6.45, 7) is 2.97. The van der Waals surface area contributed by atoms with Gasteiger partial charge < -0.3 is 5.32 Å². The summed E-state index contributed by atoms with van der Waals surface area (Å²) in [5.41, 5.74) is 2.16. The molecule has 0 bridgehead atoms. The van der Waals surface area contributed by atoms with E-state index in [2.05, 4.69) is 5.32 Å². The van der Waals surface area contributed by atoms with Crippen LogP contribution in [-0.4, -0.2) is 51.4 Å². The summed E-state index contributed by atoms with van der Waals surface area (Å²) in [7, 11) is -14.7. The molecule has 0 aliphatic carbocycles. The Morgan fingerprint density at radius 2 is 1.26 bits per heavy atom. The van der Waals surface area contributed by atoms with Crippen molar-refractivity contribution < 1.29 is 43.7 Å². The number of unbranched alkanes of at least 4 members (excludes halogenated alkanes) is 2. The van der Waals surface area contributed by atoms with E-state index in [-0.39, 0.29) is 45.3 Å². The number of fused-ring (bicyclic) bond motifs is 3. The summed E-state index contributed by atoms with van der Waals surface area (Å²) < 4.78 is 102. The molecule has 1 amide bonds. The number of hydrogen-bond donors (Lipinski definition) is 6. The summed E-state index contributed by atoms with van der Waals surface area (Å²) in [6.07, 6.45) is 1.98. The van der Waals surface area contributed by atoms with E-state index in [1.54, 1.807) is 0 Å². The zero-order valence-electron chi connectivity index (χ0n) is 20.3. The fraction of sp³-hybridized carbons (Fsp3) is 0.318. The van der Waals surface area contributed by atoms with Crippen molar-refractivity contribution in [1.29, 1.82) is 0 Å². The van der Waals surface area contributed by atoms with Gasteiger partial charge in [0.15, 0.2) is 0 Å². The van der Waals surface area contributed by atoms with E-state index in [0.29, 0.717) is 37.3 Å². The molecule has 0 saturated heterocycles. The highest BCUT2D eigenvalue weighted by molar-refractivity contribution is 7.87. The zero-order valence-corrected chi connectivity index (χ0v) is 22.8. The van der Waals surface area contributed by atoms with Crippen LogP contribution in [0.15, 0.2) is 39.0 Å². The Hall–Kier alpha value is -2.86. The van der Waals surface area contributed by atoms with Crippen LogP contribution >= 0.6 is 0 Å². The molecular weight excluding hydrogens is 562 g/mol. The molecule has 3 rings (SSSR count). The Labute approximate surface area is 219 Å². The summed E-state index contributed by atoms with van der Waals surface area (Å²) >= 11 is 0. The first-order chi connectivity index (χ1) is 17.5. The van der Waals surface area contributed by atoms with E-state index >= 15 is 0 Å². The normalized spacial score (nSPS) is 12.7. The molecule has 0 spiro atoms. The van der Waals surface area contributed by atoms with Crippen LogP contribution in [0.5, 0.6) is 0 Å². The van der Waals surface area contributed by atoms with E-state index in [4.69, 9.17) is 5.84 Å². The zero-order chi connectivity index (χ0) is 28.6. The number of nitrogens with one attached hydrogen (secondary N) is 2. The topological polar surface area (TPSA) is 230 Å². The predicted octanol–water partition coefficient (Wildman–Crippen LogP) is 2.31. The number of nitrogens with two attached hydrogens (primary N) is 1. The van der Waals surface area contributed by atoms with E-state index in [1.807, 2.05) is 5.43 Å². The summed E-state index contributed by atoms with van der Waals surface area (Å²) in [5.74, 6) is 4.73. The van der Waals surface area contributed by atoms with Crippen molar-refractivity contribution >= 4 is 63.5 Å². The second kappa shape index (κ2) is 10.7. The average Bonchev–Trinajstić information content (AvgIpc) is 2.79. The molecule has 0 saturated carbocycles. The molecule has 16 heteroatoms. The number of anilines is 1. The van der Waals surface area contributed by atoms with Crippen LogP contribution in [0.4, 0.5) is 5.69 Å². The van der Waals surface area contributed by atoms with Gasteiger partial charge in [0, 0.05) is 29.4 Å². The van der Waals surface area contributed by atoms with Crippen molar-refractivity contribution in [2.75, 3.05) is 11.9 Å². The minimum absolute atomic E-state index is 0.0108. The molecule has 0 fully saturated rings. The standard InChI is InChI=1S/C22H27N3O10S3/c1-12-17(36(27,28)29)10-16(24-9-5-3-4-6-20(26)25-23)14-7-8-15-19(38(33,34)35)11-18(37(30,31)32)13(2)22(15)21(12)14/h7-8,10-11,24H,3-6,9,23H2,1-2H3,(H,25,26)(H,27,28,29)(H,30,31,32)(H,33,34,35). The smallest absolute Gasteiger partial charge is 0.295 e. The van der Waals surface area contributed by atoms with E-state index < -0.39 is 45.0 Å². The number of hydrogen-bond acceptors (Lipinski definition) is 9. The molecule has 0 radical (unpaired) electrons. The van der Waals surface area contributed by atoms with Gasteiger partial charge in [-0.05, 0) is 60.7 Å². The number of carbonyl (C=O) groups is 1. The van der Waals surface area contributed by atoms with Gasteiger partial charge in [0.25, 0.3) is 30.4 Å². The molecule has 0 aliphatic rings. The maximum Gasteiger partial charge on any atom is 0.295 e. The first kappa shape index (κ1) is 29.7. The third-order valence-corrected chi connectivity index (χ3v) is 9.03. The lowest BCUT2D eigenvalue weighted by Crippen LogP contribution is -2.29. The molecule has 13 nitrogen and oxygen atoms in total. The highest BCUT2D eigenvalue weighted by Crippen LogP contribution is 2.41. The minimum atomic E-state index is -4.99. The van der Waals surface area contributed by atoms with Crippen molar-refractivity contribution in [3.05, 3.63) is 35.4 Å². The fourth-order valence-electron chi connectivity index (χ4n) is 4.46. The number of rotatable bonds is 10. The molecule has 208 valence electrons. The Kier molecular flexibility index (Phi) is 8.38. The van der Waals surface area contributed by atoms with Crippen LogP contribution in [0.25, 0.3) is 21.5 Å². The molecule has 0 unspecified atom stereocenters. The molecular formula is C22H27N3O10S3. The van der Waals surface area contributed by atoms with Gasteiger partial charge in [-0.1, -0.05) is 18.6 Å². The third kappa shape index (κ3) is 6.06. The molecule has 0 heterocycles. The van der Waals surface area contributed by atoms with Crippen LogP contribution < -0.4 is 16.6 Å². The van der Waals surface area contributed by atoms with Gasteiger partial charge in [-0.15, -0.1) is 0 Å². The Morgan fingerprint density at radius 3 is 1.79 bits per heavy atom. The summed E-state index contributed by atoms with van der Waals surface area (Å²) in [5, 5.41) is 3.35. The van der Waals surface area contributed by atoms with E-state index in [9.17, 15) is 43.7 Å². The van der Waals surface area contributed by atoms with Crippen LogP contribution in [0.1, 0.15) is 36.8 Å². The van der Waals surface area contributed by atoms with Crippen LogP contribution in [0.2, 0.25) is 0 Å². The van der Waals surface area contributed by atoms with Crippen LogP contribution in [0.3, 0.4) is 0 Å².